The van der Waals surface area contributed by atoms with Crippen molar-refractivity contribution < 1.29 is 0 Å². The Morgan fingerprint density at radius 2 is 2.38 bits per heavy atom. The predicted molar refractivity (Wildman–Crippen MR) is 68.4 cm³/mol. The first-order valence-electron chi connectivity index (χ1n) is 3.55. The molecule has 0 aliphatic carbocycles. The number of hydrogen-bond acceptors (Lipinski definition) is 3. The van der Waals surface area contributed by atoms with Crippen molar-refractivity contribution in [2.75, 3.05) is 12.4 Å². The third-order valence-electron chi connectivity index (χ3n) is 1.67. The first-order valence-corrected chi connectivity index (χ1v) is 7.24. The molecule has 0 unspecified atom stereocenters. The Balaban J connectivity index is 3.29. The van der Waals surface area contributed by atoms with Crippen molar-refractivity contribution in [2.45, 2.75) is 6.92 Å². The van der Waals surface area contributed by atoms with Gasteiger partial charge in [0.25, 0.3) is 0 Å². The van der Waals surface area contributed by atoms with Crippen LogP contribution in [0.25, 0.3) is 0 Å². The SMILES string of the molecule is CNc1c(C(=N)Cl)cc(C)n1SI. The van der Waals surface area contributed by atoms with E-state index in [4.69, 9.17) is 17.0 Å². The smallest absolute Gasteiger partial charge is 0.131 e. The van der Waals surface area contributed by atoms with E-state index in [1.54, 1.807) is 9.12 Å². The standard InChI is InChI=1S/C7H9ClIN3S/c1-4-3-5(6(8)10)7(11-2)12(4)13-9/h3,10-11H,1-2H3. The summed E-state index contributed by atoms with van der Waals surface area (Å²) in [5.41, 5.74) is 1.81. The number of halogens is 2. The van der Waals surface area contributed by atoms with Crippen LogP contribution in [0.1, 0.15) is 11.3 Å². The summed E-state index contributed by atoms with van der Waals surface area (Å²) in [4.78, 5) is 0. The minimum Gasteiger partial charge on any atom is -0.373 e. The van der Waals surface area contributed by atoms with Crippen LogP contribution in [0.2, 0.25) is 0 Å². The molecule has 3 nitrogen and oxygen atoms in total. The highest BCUT2D eigenvalue weighted by atomic mass is 127. The largest absolute Gasteiger partial charge is 0.373 e. The predicted octanol–water partition coefficient (Wildman–Crippen LogP) is 3.25. The quantitative estimate of drug-likeness (QED) is 0.660. The normalized spacial score (nSPS) is 10.2. The highest BCUT2D eigenvalue weighted by Crippen LogP contribution is 2.30. The second-order valence-electron chi connectivity index (χ2n) is 2.48. The van der Waals surface area contributed by atoms with Crippen LogP contribution in [0.3, 0.4) is 0 Å². The molecule has 0 spiro atoms. The van der Waals surface area contributed by atoms with Crippen LogP contribution < -0.4 is 5.32 Å². The molecule has 0 fully saturated rings. The lowest BCUT2D eigenvalue weighted by atomic mass is 10.3. The van der Waals surface area contributed by atoms with Crippen molar-refractivity contribution in [1.82, 2.24) is 3.97 Å². The van der Waals surface area contributed by atoms with Crippen molar-refractivity contribution >= 4 is 52.9 Å². The molecule has 0 bridgehead atoms. The summed E-state index contributed by atoms with van der Waals surface area (Å²) < 4.78 is 1.99. The number of aryl methyl sites for hydroxylation is 1. The van der Waals surface area contributed by atoms with Crippen LogP contribution in [-0.4, -0.2) is 16.2 Å². The van der Waals surface area contributed by atoms with Crippen LogP contribution in [0.4, 0.5) is 5.82 Å². The Labute approximate surface area is 98.5 Å². The highest BCUT2D eigenvalue weighted by Gasteiger charge is 2.13. The molecule has 1 aromatic rings. The maximum atomic E-state index is 7.37. The van der Waals surface area contributed by atoms with Gasteiger partial charge in [0.05, 0.1) is 5.56 Å². The number of nitrogens with zero attached hydrogens (tertiary/aromatic N) is 1. The van der Waals surface area contributed by atoms with Crippen LogP contribution in [0, 0.1) is 12.3 Å². The van der Waals surface area contributed by atoms with Crippen molar-refractivity contribution in [2.24, 2.45) is 0 Å². The minimum absolute atomic E-state index is 0.0663. The van der Waals surface area contributed by atoms with Crippen LogP contribution >= 0.6 is 41.9 Å². The second kappa shape index (κ2) is 4.56. The van der Waals surface area contributed by atoms with Gasteiger partial charge in [-0.15, -0.1) is 0 Å². The summed E-state index contributed by atoms with van der Waals surface area (Å²) in [5.74, 6) is 0.872. The number of rotatable bonds is 3. The first kappa shape index (κ1) is 11.2. The van der Waals surface area contributed by atoms with E-state index in [2.05, 4.69) is 26.5 Å². The van der Waals surface area contributed by atoms with Crippen molar-refractivity contribution in [1.29, 1.82) is 5.41 Å². The Kier molecular flexibility index (Phi) is 3.93. The van der Waals surface area contributed by atoms with E-state index in [0.29, 0.717) is 0 Å². The van der Waals surface area contributed by atoms with Crippen LogP contribution in [0.5, 0.6) is 0 Å². The Hall–Kier alpha value is 0.120. The molecule has 0 aromatic carbocycles. The number of hydrogen-bond donors (Lipinski definition) is 2. The van der Waals surface area contributed by atoms with Gasteiger partial charge >= 0.3 is 0 Å². The third kappa shape index (κ3) is 2.13. The maximum absolute atomic E-state index is 7.37. The van der Waals surface area contributed by atoms with E-state index in [1.165, 1.54) is 0 Å². The molecule has 1 aromatic heterocycles. The Morgan fingerprint density at radius 3 is 2.77 bits per heavy atom. The molecular formula is C7H9ClIN3S. The summed E-state index contributed by atoms with van der Waals surface area (Å²) in [6.07, 6.45) is 0. The Bertz CT molecular complexity index is 337. The average molecular weight is 330 g/mol. The van der Waals surface area contributed by atoms with Crippen molar-refractivity contribution in [3.8, 4) is 0 Å². The van der Waals surface area contributed by atoms with Gasteiger partial charge in [-0.3, -0.25) is 9.38 Å². The fraction of sp³-hybridized carbons (Fsp3) is 0.286. The molecule has 0 aliphatic rings. The summed E-state index contributed by atoms with van der Waals surface area (Å²) in [5, 5.41) is 10.5. The molecule has 0 aliphatic heterocycles. The van der Waals surface area contributed by atoms with Crippen LogP contribution in [0.15, 0.2) is 6.07 Å². The molecule has 72 valence electrons. The van der Waals surface area contributed by atoms with Gasteiger partial charge in [-0.25, -0.2) is 0 Å². The van der Waals surface area contributed by atoms with Gasteiger partial charge in [0.2, 0.25) is 0 Å². The first-order chi connectivity index (χ1) is 6.11. The number of aromatic nitrogens is 1. The van der Waals surface area contributed by atoms with Gasteiger partial charge in [-0.1, -0.05) is 11.6 Å². The van der Waals surface area contributed by atoms with Crippen molar-refractivity contribution in [3.63, 3.8) is 0 Å². The van der Waals surface area contributed by atoms with Gasteiger partial charge in [-0.05, 0) is 13.0 Å². The molecular weight excluding hydrogens is 321 g/mol. The molecule has 0 radical (unpaired) electrons. The van der Waals surface area contributed by atoms with Gasteiger partial charge in [0, 0.05) is 43.1 Å². The van der Waals surface area contributed by atoms with Crippen molar-refractivity contribution in [3.05, 3.63) is 17.3 Å². The maximum Gasteiger partial charge on any atom is 0.131 e. The zero-order valence-electron chi connectivity index (χ0n) is 7.19. The van der Waals surface area contributed by atoms with E-state index in [0.717, 1.165) is 17.1 Å². The van der Waals surface area contributed by atoms with E-state index < -0.39 is 0 Å². The molecule has 0 atom stereocenters. The van der Waals surface area contributed by atoms with E-state index in [-0.39, 0.29) is 5.17 Å². The Morgan fingerprint density at radius 1 is 1.77 bits per heavy atom. The summed E-state index contributed by atoms with van der Waals surface area (Å²) >= 11 is 7.84. The van der Waals surface area contributed by atoms with Gasteiger partial charge in [-0.2, -0.15) is 0 Å². The average Bonchev–Trinajstić information content (AvgIpc) is 2.41. The highest BCUT2D eigenvalue weighted by molar-refractivity contribution is 14.2. The number of nitrogens with one attached hydrogen (secondary N) is 2. The molecule has 2 N–H and O–H groups in total. The zero-order chi connectivity index (χ0) is 10.0. The van der Waals surface area contributed by atoms with E-state index in [9.17, 15) is 0 Å². The second-order valence-corrected chi connectivity index (χ2v) is 4.54. The molecule has 13 heavy (non-hydrogen) atoms. The van der Waals surface area contributed by atoms with Gasteiger partial charge in [0.15, 0.2) is 0 Å². The molecule has 0 saturated carbocycles. The molecule has 6 heteroatoms. The zero-order valence-corrected chi connectivity index (χ0v) is 10.9. The van der Waals surface area contributed by atoms with Gasteiger partial charge in [0.1, 0.15) is 11.0 Å². The van der Waals surface area contributed by atoms with E-state index in [1.807, 2.05) is 24.0 Å². The molecule has 0 amide bonds. The number of anilines is 1. The molecule has 1 heterocycles. The van der Waals surface area contributed by atoms with Gasteiger partial charge < -0.3 is 5.32 Å². The summed E-state index contributed by atoms with van der Waals surface area (Å²) in [6, 6.07) is 1.90. The third-order valence-corrected chi connectivity index (χ3v) is 3.67. The molecule has 0 saturated heterocycles. The monoisotopic (exact) mass is 329 g/mol. The summed E-state index contributed by atoms with van der Waals surface area (Å²) in [7, 11) is 3.37. The lowest BCUT2D eigenvalue weighted by molar-refractivity contribution is 1.18. The lowest BCUT2D eigenvalue weighted by Crippen LogP contribution is -1.99. The molecule has 1 rings (SSSR count). The lowest BCUT2D eigenvalue weighted by Gasteiger charge is -2.06. The van der Waals surface area contributed by atoms with Crippen LogP contribution in [-0.2, 0) is 0 Å². The topological polar surface area (TPSA) is 40.8 Å². The fourth-order valence-corrected chi connectivity index (χ4v) is 3.20. The van der Waals surface area contributed by atoms with E-state index >= 15 is 0 Å². The minimum atomic E-state index is 0.0663. The summed E-state index contributed by atoms with van der Waals surface area (Å²) in [6.45, 7) is 1.98. The fourth-order valence-electron chi connectivity index (χ4n) is 1.11.